The van der Waals surface area contributed by atoms with Crippen LogP contribution in [0.25, 0.3) is 10.9 Å². The fourth-order valence-electron chi connectivity index (χ4n) is 1.99. The van der Waals surface area contributed by atoms with E-state index in [0.717, 1.165) is 28.2 Å². The van der Waals surface area contributed by atoms with E-state index in [-0.39, 0.29) is 0 Å². The number of aryl methyl sites for hydroxylation is 1. The summed E-state index contributed by atoms with van der Waals surface area (Å²) >= 11 is 6.16. The molecule has 1 heterocycles. The fourth-order valence-corrected chi connectivity index (χ4v) is 2.27. The smallest absolute Gasteiger partial charge is 0.0912 e. The van der Waals surface area contributed by atoms with Crippen molar-refractivity contribution >= 4 is 22.5 Å². The van der Waals surface area contributed by atoms with Gasteiger partial charge in [0.25, 0.3) is 0 Å². The van der Waals surface area contributed by atoms with Crippen molar-refractivity contribution in [3.8, 4) is 0 Å². The lowest BCUT2D eigenvalue weighted by Gasteiger charge is -2.10. The molecule has 1 N–H and O–H groups in total. The Kier molecular flexibility index (Phi) is 2.72. The van der Waals surface area contributed by atoms with E-state index < -0.39 is 6.10 Å². The predicted molar refractivity (Wildman–Crippen MR) is 63.3 cm³/mol. The van der Waals surface area contributed by atoms with Gasteiger partial charge in [-0.1, -0.05) is 23.7 Å². The summed E-state index contributed by atoms with van der Waals surface area (Å²) in [6, 6.07) is 7.81. The van der Waals surface area contributed by atoms with Gasteiger partial charge in [-0.15, -0.1) is 0 Å². The molecule has 1 aromatic heterocycles. The molecule has 0 fully saturated rings. The molecule has 80 valence electrons. The van der Waals surface area contributed by atoms with Crippen molar-refractivity contribution in [3.63, 3.8) is 0 Å². The van der Waals surface area contributed by atoms with Crippen LogP contribution in [0.5, 0.6) is 0 Å². The van der Waals surface area contributed by atoms with E-state index in [9.17, 15) is 5.11 Å². The standard InChI is InChI=1S/C12H14ClNO/c1-3-14-11(8(2)15)7-9-5-4-6-10(13)12(9)14/h4-8,15H,3H2,1-2H3. The van der Waals surface area contributed by atoms with Crippen LogP contribution in [-0.2, 0) is 6.54 Å². The first-order chi connectivity index (χ1) is 7.15. The van der Waals surface area contributed by atoms with Crippen LogP contribution in [-0.4, -0.2) is 9.67 Å². The van der Waals surface area contributed by atoms with Crippen molar-refractivity contribution in [3.05, 3.63) is 35.0 Å². The highest BCUT2D eigenvalue weighted by Gasteiger charge is 2.13. The number of fused-ring (bicyclic) bond motifs is 1. The monoisotopic (exact) mass is 223 g/mol. The third kappa shape index (κ3) is 1.64. The summed E-state index contributed by atoms with van der Waals surface area (Å²) in [4.78, 5) is 0. The van der Waals surface area contributed by atoms with Gasteiger partial charge in [0.1, 0.15) is 0 Å². The zero-order chi connectivity index (χ0) is 11.0. The number of aliphatic hydroxyl groups is 1. The minimum Gasteiger partial charge on any atom is -0.387 e. The lowest BCUT2D eigenvalue weighted by atomic mass is 10.2. The van der Waals surface area contributed by atoms with Gasteiger partial charge >= 0.3 is 0 Å². The first-order valence-corrected chi connectivity index (χ1v) is 5.48. The minimum atomic E-state index is -0.464. The maximum absolute atomic E-state index is 9.66. The highest BCUT2D eigenvalue weighted by molar-refractivity contribution is 6.35. The molecule has 1 aromatic carbocycles. The number of nitrogens with zero attached hydrogens (tertiary/aromatic N) is 1. The molecule has 0 bridgehead atoms. The van der Waals surface area contributed by atoms with Gasteiger partial charge in [0, 0.05) is 17.6 Å². The van der Waals surface area contributed by atoms with Crippen LogP contribution in [0.15, 0.2) is 24.3 Å². The maximum atomic E-state index is 9.66. The summed E-state index contributed by atoms with van der Waals surface area (Å²) in [5, 5.41) is 11.5. The number of hydrogen-bond donors (Lipinski definition) is 1. The molecule has 1 unspecified atom stereocenters. The van der Waals surface area contributed by atoms with Crippen molar-refractivity contribution in [1.29, 1.82) is 0 Å². The highest BCUT2D eigenvalue weighted by atomic mass is 35.5. The second kappa shape index (κ2) is 3.87. The third-order valence-corrected chi connectivity index (χ3v) is 2.95. The topological polar surface area (TPSA) is 25.2 Å². The van der Waals surface area contributed by atoms with Crippen molar-refractivity contribution in [2.24, 2.45) is 0 Å². The minimum absolute atomic E-state index is 0.464. The maximum Gasteiger partial charge on any atom is 0.0912 e. The van der Waals surface area contributed by atoms with E-state index in [4.69, 9.17) is 11.6 Å². The molecule has 0 radical (unpaired) electrons. The number of halogens is 1. The molecule has 0 aliphatic rings. The van der Waals surface area contributed by atoms with Crippen molar-refractivity contribution in [2.45, 2.75) is 26.5 Å². The predicted octanol–water partition coefficient (Wildman–Crippen LogP) is 3.37. The summed E-state index contributed by atoms with van der Waals surface area (Å²) in [6.07, 6.45) is -0.464. The summed E-state index contributed by atoms with van der Waals surface area (Å²) in [6.45, 7) is 4.64. The summed E-state index contributed by atoms with van der Waals surface area (Å²) in [7, 11) is 0. The molecule has 2 rings (SSSR count). The molecule has 3 heteroatoms. The number of aliphatic hydroxyl groups excluding tert-OH is 1. The Hall–Kier alpha value is -0.990. The number of hydrogen-bond acceptors (Lipinski definition) is 1. The van der Waals surface area contributed by atoms with Gasteiger partial charge in [-0.05, 0) is 26.0 Å². The van der Waals surface area contributed by atoms with Gasteiger partial charge in [0.2, 0.25) is 0 Å². The molecule has 0 spiro atoms. The molecule has 0 saturated carbocycles. The Morgan fingerprint density at radius 2 is 2.20 bits per heavy atom. The van der Waals surface area contributed by atoms with E-state index in [1.54, 1.807) is 6.92 Å². The van der Waals surface area contributed by atoms with Crippen LogP contribution in [0.4, 0.5) is 0 Å². The average molecular weight is 224 g/mol. The molecule has 15 heavy (non-hydrogen) atoms. The highest BCUT2D eigenvalue weighted by Crippen LogP contribution is 2.29. The van der Waals surface area contributed by atoms with E-state index >= 15 is 0 Å². The molecule has 2 aromatic rings. The van der Waals surface area contributed by atoms with Crippen molar-refractivity contribution in [1.82, 2.24) is 4.57 Å². The van der Waals surface area contributed by atoms with Crippen LogP contribution >= 0.6 is 11.6 Å². The Bertz CT molecular complexity index is 488. The number of aromatic nitrogens is 1. The van der Waals surface area contributed by atoms with Gasteiger partial charge in [-0.25, -0.2) is 0 Å². The van der Waals surface area contributed by atoms with Crippen LogP contribution < -0.4 is 0 Å². The SMILES string of the molecule is CCn1c(C(C)O)cc2cccc(Cl)c21. The van der Waals surface area contributed by atoms with E-state index in [1.165, 1.54) is 0 Å². The molecular weight excluding hydrogens is 210 g/mol. The number of para-hydroxylation sites is 1. The Balaban J connectivity index is 2.80. The zero-order valence-corrected chi connectivity index (χ0v) is 9.62. The number of rotatable bonds is 2. The molecule has 0 aliphatic heterocycles. The van der Waals surface area contributed by atoms with Crippen LogP contribution in [0, 0.1) is 0 Å². The van der Waals surface area contributed by atoms with Crippen molar-refractivity contribution < 1.29 is 5.11 Å². The first kappa shape index (κ1) is 10.5. The van der Waals surface area contributed by atoms with Gasteiger partial charge in [-0.2, -0.15) is 0 Å². The van der Waals surface area contributed by atoms with Gasteiger partial charge in [0.05, 0.1) is 16.6 Å². The Morgan fingerprint density at radius 3 is 2.80 bits per heavy atom. The van der Waals surface area contributed by atoms with Crippen LogP contribution in [0.1, 0.15) is 25.6 Å². The summed E-state index contributed by atoms with van der Waals surface area (Å²) in [5.74, 6) is 0. The van der Waals surface area contributed by atoms with Gasteiger partial charge < -0.3 is 9.67 Å². The number of benzene rings is 1. The normalized spacial score (nSPS) is 13.3. The van der Waals surface area contributed by atoms with E-state index in [2.05, 4.69) is 11.5 Å². The Labute approximate surface area is 94.1 Å². The molecule has 0 amide bonds. The first-order valence-electron chi connectivity index (χ1n) is 5.11. The molecule has 2 nitrogen and oxygen atoms in total. The van der Waals surface area contributed by atoms with E-state index in [0.29, 0.717) is 0 Å². The van der Waals surface area contributed by atoms with Crippen LogP contribution in [0.2, 0.25) is 5.02 Å². The fraction of sp³-hybridized carbons (Fsp3) is 0.333. The second-order valence-corrected chi connectivity index (χ2v) is 4.07. The van der Waals surface area contributed by atoms with E-state index in [1.807, 2.05) is 24.3 Å². The third-order valence-electron chi connectivity index (χ3n) is 2.65. The van der Waals surface area contributed by atoms with Gasteiger partial charge in [-0.3, -0.25) is 0 Å². The molecule has 0 aliphatic carbocycles. The lowest BCUT2D eigenvalue weighted by molar-refractivity contribution is 0.190. The second-order valence-electron chi connectivity index (χ2n) is 3.67. The average Bonchev–Trinajstić information content (AvgIpc) is 2.57. The summed E-state index contributed by atoms with van der Waals surface area (Å²) < 4.78 is 2.06. The largest absolute Gasteiger partial charge is 0.387 e. The summed E-state index contributed by atoms with van der Waals surface area (Å²) in [5.41, 5.74) is 1.93. The molecule has 0 saturated heterocycles. The zero-order valence-electron chi connectivity index (χ0n) is 8.87. The van der Waals surface area contributed by atoms with Crippen LogP contribution in [0.3, 0.4) is 0 Å². The van der Waals surface area contributed by atoms with Crippen molar-refractivity contribution in [2.75, 3.05) is 0 Å². The Morgan fingerprint density at radius 1 is 1.47 bits per heavy atom. The quantitative estimate of drug-likeness (QED) is 0.830. The lowest BCUT2D eigenvalue weighted by Crippen LogP contribution is -2.03. The van der Waals surface area contributed by atoms with Gasteiger partial charge in [0.15, 0.2) is 0 Å². The molecular formula is C12H14ClNO. The molecule has 1 atom stereocenters.